The van der Waals surface area contributed by atoms with E-state index in [-0.39, 0.29) is 29.8 Å². The molecule has 0 fully saturated rings. The maximum Gasteiger partial charge on any atom is 0.243 e. The van der Waals surface area contributed by atoms with Crippen molar-refractivity contribution >= 4 is 10.0 Å². The van der Waals surface area contributed by atoms with E-state index in [9.17, 15) is 12.8 Å². The molecule has 0 aromatic heterocycles. The van der Waals surface area contributed by atoms with Crippen molar-refractivity contribution in [3.8, 4) is 0 Å². The van der Waals surface area contributed by atoms with Crippen molar-refractivity contribution in [2.45, 2.75) is 44.8 Å². The second kappa shape index (κ2) is 8.08. The third kappa shape index (κ3) is 4.87. The minimum Gasteiger partial charge on any atom is -0.310 e. The predicted molar refractivity (Wildman–Crippen MR) is 98.2 cm³/mol. The molecule has 0 saturated heterocycles. The lowest BCUT2D eigenvalue weighted by molar-refractivity contribution is 0.466. The SMILES string of the molecule is Cc1cc(S(=O)(=O)N(C)Cc2ccccc2)cc(CNC(C)C)c1F. The number of hydrogen-bond donors (Lipinski definition) is 1. The predicted octanol–water partition coefficient (Wildman–Crippen LogP) is 3.45. The molecule has 6 heteroatoms. The van der Waals surface area contributed by atoms with Gasteiger partial charge in [0.15, 0.2) is 0 Å². The highest BCUT2D eigenvalue weighted by atomic mass is 32.2. The van der Waals surface area contributed by atoms with Crippen LogP contribution in [0.5, 0.6) is 0 Å². The second-order valence-electron chi connectivity index (χ2n) is 6.50. The zero-order valence-electron chi connectivity index (χ0n) is 15.1. The molecule has 0 aliphatic carbocycles. The Morgan fingerprint density at radius 1 is 1.16 bits per heavy atom. The minimum absolute atomic E-state index is 0.116. The van der Waals surface area contributed by atoms with Crippen LogP contribution in [-0.2, 0) is 23.1 Å². The van der Waals surface area contributed by atoms with Gasteiger partial charge in [0.2, 0.25) is 10.0 Å². The first-order valence-corrected chi connectivity index (χ1v) is 9.68. The number of nitrogens with one attached hydrogen (secondary N) is 1. The second-order valence-corrected chi connectivity index (χ2v) is 8.54. The lowest BCUT2D eigenvalue weighted by atomic mass is 10.1. The van der Waals surface area contributed by atoms with Crippen LogP contribution in [-0.4, -0.2) is 25.8 Å². The first-order chi connectivity index (χ1) is 11.7. The van der Waals surface area contributed by atoms with Gasteiger partial charge >= 0.3 is 0 Å². The molecule has 0 aliphatic rings. The fourth-order valence-electron chi connectivity index (χ4n) is 2.50. The minimum atomic E-state index is -3.70. The Kier molecular flexibility index (Phi) is 6.32. The van der Waals surface area contributed by atoms with E-state index in [2.05, 4.69) is 5.32 Å². The first-order valence-electron chi connectivity index (χ1n) is 8.24. The summed E-state index contributed by atoms with van der Waals surface area (Å²) in [5.41, 5.74) is 1.59. The Bertz CT molecular complexity index is 821. The van der Waals surface area contributed by atoms with Crippen molar-refractivity contribution in [2.75, 3.05) is 7.05 Å². The molecule has 1 N–H and O–H groups in total. The number of sulfonamides is 1. The highest BCUT2D eigenvalue weighted by Gasteiger charge is 2.23. The summed E-state index contributed by atoms with van der Waals surface area (Å²) in [5.74, 6) is -0.363. The van der Waals surface area contributed by atoms with Crippen molar-refractivity contribution in [3.63, 3.8) is 0 Å². The summed E-state index contributed by atoms with van der Waals surface area (Å²) >= 11 is 0. The number of rotatable bonds is 7. The molecule has 0 saturated carbocycles. The molecule has 0 radical (unpaired) electrons. The lowest BCUT2D eigenvalue weighted by Crippen LogP contribution is -2.27. The van der Waals surface area contributed by atoms with Crippen LogP contribution in [0.15, 0.2) is 47.4 Å². The van der Waals surface area contributed by atoms with Crippen LogP contribution < -0.4 is 5.32 Å². The molecule has 0 heterocycles. The van der Waals surface area contributed by atoms with E-state index in [4.69, 9.17) is 0 Å². The highest BCUT2D eigenvalue weighted by molar-refractivity contribution is 7.89. The molecule has 0 amide bonds. The molecule has 4 nitrogen and oxygen atoms in total. The van der Waals surface area contributed by atoms with Crippen LogP contribution in [0.25, 0.3) is 0 Å². The Hall–Kier alpha value is -1.76. The molecule has 0 bridgehead atoms. The molecular weight excluding hydrogens is 339 g/mol. The van der Waals surface area contributed by atoms with Crippen LogP contribution >= 0.6 is 0 Å². The normalized spacial score (nSPS) is 12.1. The Balaban J connectivity index is 2.31. The van der Waals surface area contributed by atoms with Gasteiger partial charge in [-0.25, -0.2) is 12.8 Å². The third-order valence-corrected chi connectivity index (χ3v) is 5.74. The van der Waals surface area contributed by atoms with Gasteiger partial charge in [0.25, 0.3) is 0 Å². The molecular formula is C19H25FN2O2S. The van der Waals surface area contributed by atoms with Crippen LogP contribution in [0.1, 0.15) is 30.5 Å². The number of hydrogen-bond acceptors (Lipinski definition) is 3. The first kappa shape index (κ1) is 19.6. The molecule has 2 rings (SSSR count). The Morgan fingerprint density at radius 3 is 2.40 bits per heavy atom. The highest BCUT2D eigenvalue weighted by Crippen LogP contribution is 2.23. The molecule has 0 unspecified atom stereocenters. The average Bonchev–Trinajstić information content (AvgIpc) is 2.56. The fraction of sp³-hybridized carbons (Fsp3) is 0.368. The number of benzene rings is 2. The molecule has 136 valence electrons. The maximum atomic E-state index is 14.3. The summed E-state index contributed by atoms with van der Waals surface area (Å²) < 4.78 is 41.4. The third-order valence-electron chi connectivity index (χ3n) is 3.96. The van der Waals surface area contributed by atoms with Gasteiger partial charge in [0.05, 0.1) is 4.90 Å². The van der Waals surface area contributed by atoms with Crippen molar-refractivity contribution < 1.29 is 12.8 Å². The van der Waals surface area contributed by atoms with Crippen molar-refractivity contribution in [2.24, 2.45) is 0 Å². The molecule has 0 spiro atoms. The summed E-state index contributed by atoms with van der Waals surface area (Å²) in [6.45, 7) is 6.05. The quantitative estimate of drug-likeness (QED) is 0.819. The summed E-state index contributed by atoms with van der Waals surface area (Å²) in [6, 6.07) is 12.4. The van der Waals surface area contributed by atoms with Crippen molar-refractivity contribution in [3.05, 3.63) is 65.0 Å². The van der Waals surface area contributed by atoms with Crippen molar-refractivity contribution in [1.29, 1.82) is 0 Å². The van der Waals surface area contributed by atoms with E-state index in [1.807, 2.05) is 44.2 Å². The summed E-state index contributed by atoms with van der Waals surface area (Å²) in [4.78, 5) is 0.116. The van der Waals surface area contributed by atoms with E-state index < -0.39 is 10.0 Å². The van der Waals surface area contributed by atoms with E-state index >= 15 is 0 Å². The Morgan fingerprint density at radius 2 is 1.80 bits per heavy atom. The van der Waals surface area contributed by atoms with Gasteiger partial charge in [-0.05, 0) is 30.2 Å². The molecule has 2 aromatic carbocycles. The van der Waals surface area contributed by atoms with Gasteiger partial charge in [0.1, 0.15) is 5.82 Å². The Labute approximate surface area is 149 Å². The molecule has 0 atom stereocenters. The largest absolute Gasteiger partial charge is 0.310 e. The summed E-state index contributed by atoms with van der Waals surface area (Å²) in [5, 5.41) is 3.13. The van der Waals surface area contributed by atoms with Crippen LogP contribution in [0.4, 0.5) is 4.39 Å². The number of nitrogens with zero attached hydrogens (tertiary/aromatic N) is 1. The van der Waals surface area contributed by atoms with Gasteiger partial charge in [-0.2, -0.15) is 4.31 Å². The van der Waals surface area contributed by atoms with Crippen LogP contribution in [0.2, 0.25) is 0 Å². The lowest BCUT2D eigenvalue weighted by Gasteiger charge is -2.19. The van der Waals surface area contributed by atoms with Gasteiger partial charge in [-0.15, -0.1) is 0 Å². The number of halogens is 1. The van der Waals surface area contributed by atoms with Crippen LogP contribution in [0, 0.1) is 12.7 Å². The zero-order valence-corrected chi connectivity index (χ0v) is 15.9. The average molecular weight is 364 g/mol. The zero-order chi connectivity index (χ0) is 18.6. The van der Waals surface area contributed by atoms with E-state index in [0.29, 0.717) is 11.1 Å². The van der Waals surface area contributed by atoms with E-state index in [1.165, 1.54) is 23.5 Å². The molecule has 0 aliphatic heterocycles. The molecule has 2 aromatic rings. The fourth-order valence-corrected chi connectivity index (χ4v) is 3.80. The molecule has 25 heavy (non-hydrogen) atoms. The van der Waals surface area contributed by atoms with E-state index in [1.54, 1.807) is 6.92 Å². The topological polar surface area (TPSA) is 49.4 Å². The maximum absolute atomic E-state index is 14.3. The van der Waals surface area contributed by atoms with Gasteiger partial charge in [0, 0.05) is 31.7 Å². The van der Waals surface area contributed by atoms with Gasteiger partial charge in [-0.1, -0.05) is 44.2 Å². The van der Waals surface area contributed by atoms with Crippen LogP contribution in [0.3, 0.4) is 0 Å². The van der Waals surface area contributed by atoms with Crippen molar-refractivity contribution in [1.82, 2.24) is 9.62 Å². The van der Waals surface area contributed by atoms with Gasteiger partial charge < -0.3 is 5.32 Å². The standard InChI is InChI=1S/C19H25FN2O2S/c1-14(2)21-12-17-11-18(10-15(3)19(17)20)25(23,24)22(4)13-16-8-6-5-7-9-16/h5-11,14,21H,12-13H2,1-4H3. The van der Waals surface area contributed by atoms with E-state index in [0.717, 1.165) is 5.56 Å². The van der Waals surface area contributed by atoms with Gasteiger partial charge in [-0.3, -0.25) is 0 Å². The monoisotopic (exact) mass is 364 g/mol. The summed E-state index contributed by atoms with van der Waals surface area (Å²) in [6.07, 6.45) is 0. The summed E-state index contributed by atoms with van der Waals surface area (Å²) in [7, 11) is -2.16. The number of aryl methyl sites for hydroxylation is 1. The smallest absolute Gasteiger partial charge is 0.243 e.